The number of nitrogens with zero attached hydrogens (tertiary/aromatic N) is 3. The van der Waals surface area contributed by atoms with E-state index in [9.17, 15) is 9.18 Å². The van der Waals surface area contributed by atoms with Gasteiger partial charge in [-0.1, -0.05) is 72.8 Å². The van der Waals surface area contributed by atoms with Crippen molar-refractivity contribution in [2.75, 3.05) is 13.2 Å². The molecule has 4 aromatic rings. The van der Waals surface area contributed by atoms with Crippen LogP contribution < -0.4 is 0 Å². The molecule has 0 atom stereocenters. The molecule has 36 heavy (non-hydrogen) atoms. The van der Waals surface area contributed by atoms with Crippen LogP contribution in [-0.2, 0) is 30.8 Å². The van der Waals surface area contributed by atoms with Crippen LogP contribution in [0.4, 0.5) is 4.39 Å². The van der Waals surface area contributed by atoms with Gasteiger partial charge in [0.1, 0.15) is 11.5 Å². The number of ether oxygens (including phenoxy) is 1. The van der Waals surface area contributed by atoms with Gasteiger partial charge in [0.05, 0.1) is 18.8 Å². The lowest BCUT2D eigenvalue weighted by Gasteiger charge is -2.23. The second-order valence-corrected chi connectivity index (χ2v) is 8.84. The third-order valence-electron chi connectivity index (χ3n) is 6.14. The molecule has 0 unspecified atom stereocenters. The number of esters is 1. The minimum Gasteiger partial charge on any atom is -0.461 e. The predicted octanol–water partition coefficient (Wildman–Crippen LogP) is 5.80. The van der Waals surface area contributed by atoms with Crippen molar-refractivity contribution in [1.82, 2.24) is 14.7 Å². The summed E-state index contributed by atoms with van der Waals surface area (Å²) in [7, 11) is 0. The van der Waals surface area contributed by atoms with E-state index in [0.29, 0.717) is 25.2 Å². The Balaban J connectivity index is 1.58. The van der Waals surface area contributed by atoms with E-state index < -0.39 is 0 Å². The fourth-order valence-corrected chi connectivity index (χ4v) is 4.36. The van der Waals surface area contributed by atoms with Crippen molar-refractivity contribution in [3.8, 4) is 0 Å². The van der Waals surface area contributed by atoms with Crippen molar-refractivity contribution in [3.63, 3.8) is 0 Å². The van der Waals surface area contributed by atoms with Crippen LogP contribution in [-0.4, -0.2) is 33.8 Å². The maximum atomic E-state index is 13.4. The molecule has 0 aliphatic carbocycles. The van der Waals surface area contributed by atoms with Crippen LogP contribution in [0.15, 0.2) is 84.9 Å². The van der Waals surface area contributed by atoms with Crippen LogP contribution in [0.5, 0.6) is 0 Å². The number of rotatable bonds is 11. The second-order valence-electron chi connectivity index (χ2n) is 8.84. The van der Waals surface area contributed by atoms with Gasteiger partial charge >= 0.3 is 5.97 Å². The molecule has 0 N–H and O–H groups in total. The number of aryl methyl sites for hydroxylation is 1. The molecular formula is C30H32FN3O2. The summed E-state index contributed by atoms with van der Waals surface area (Å²) in [5.41, 5.74) is 5.44. The highest BCUT2D eigenvalue weighted by Crippen LogP contribution is 2.21. The number of aromatic nitrogens is 2. The number of benzene rings is 3. The molecule has 3 aromatic carbocycles. The number of halogens is 1. The van der Waals surface area contributed by atoms with E-state index in [-0.39, 0.29) is 18.4 Å². The van der Waals surface area contributed by atoms with Gasteiger partial charge in [-0.05, 0) is 42.7 Å². The van der Waals surface area contributed by atoms with Crippen molar-refractivity contribution in [3.05, 3.63) is 124 Å². The van der Waals surface area contributed by atoms with Gasteiger partial charge in [0.2, 0.25) is 0 Å². The van der Waals surface area contributed by atoms with Gasteiger partial charge in [-0.25, -0.2) is 9.18 Å². The molecule has 5 nitrogen and oxygen atoms in total. The van der Waals surface area contributed by atoms with Crippen molar-refractivity contribution < 1.29 is 13.9 Å². The lowest BCUT2D eigenvalue weighted by molar-refractivity contribution is 0.0509. The Morgan fingerprint density at radius 3 is 2.03 bits per heavy atom. The van der Waals surface area contributed by atoms with Gasteiger partial charge in [0.25, 0.3) is 0 Å². The summed E-state index contributed by atoms with van der Waals surface area (Å²) >= 11 is 0. The summed E-state index contributed by atoms with van der Waals surface area (Å²) in [5.74, 6) is -0.665. The quantitative estimate of drug-likeness (QED) is 0.252. The Hall–Kier alpha value is -3.77. The number of carbonyl (C=O) groups excluding carboxylic acids is 1. The van der Waals surface area contributed by atoms with Gasteiger partial charge < -0.3 is 4.74 Å². The summed E-state index contributed by atoms with van der Waals surface area (Å²) in [5, 5.41) is 4.73. The fraction of sp³-hybridized carbons (Fsp3) is 0.267. The molecule has 0 aliphatic heterocycles. The molecule has 1 heterocycles. The first-order valence-electron chi connectivity index (χ1n) is 12.3. The van der Waals surface area contributed by atoms with Crippen molar-refractivity contribution in [1.29, 1.82) is 0 Å². The average Bonchev–Trinajstić information content (AvgIpc) is 3.20. The first-order valence-corrected chi connectivity index (χ1v) is 12.3. The number of carbonyl (C=O) groups is 1. The Bertz CT molecular complexity index is 1210. The van der Waals surface area contributed by atoms with Crippen molar-refractivity contribution in [2.45, 2.75) is 39.9 Å². The second kappa shape index (κ2) is 12.3. The van der Waals surface area contributed by atoms with E-state index in [4.69, 9.17) is 9.84 Å². The van der Waals surface area contributed by atoms with E-state index in [1.807, 2.05) is 43.3 Å². The van der Waals surface area contributed by atoms with Gasteiger partial charge in [-0.2, -0.15) is 5.10 Å². The van der Waals surface area contributed by atoms with Gasteiger partial charge in [-0.15, -0.1) is 0 Å². The van der Waals surface area contributed by atoms with Crippen LogP contribution >= 0.6 is 0 Å². The molecule has 0 saturated carbocycles. The Morgan fingerprint density at radius 1 is 0.889 bits per heavy atom. The predicted molar refractivity (Wildman–Crippen MR) is 139 cm³/mol. The van der Waals surface area contributed by atoms with Crippen LogP contribution in [0.2, 0.25) is 0 Å². The first kappa shape index (κ1) is 25.3. The molecule has 0 fully saturated rings. The molecule has 4 rings (SSSR count). The van der Waals surface area contributed by atoms with Crippen molar-refractivity contribution >= 4 is 5.97 Å². The lowest BCUT2D eigenvalue weighted by atomic mass is 10.0. The van der Waals surface area contributed by atoms with E-state index >= 15 is 0 Å². The van der Waals surface area contributed by atoms with Crippen LogP contribution in [0.3, 0.4) is 0 Å². The minimum atomic E-state index is -0.382. The van der Waals surface area contributed by atoms with E-state index in [1.165, 1.54) is 23.3 Å². The topological polar surface area (TPSA) is 47.4 Å². The molecule has 6 heteroatoms. The highest BCUT2D eigenvalue weighted by Gasteiger charge is 2.23. The molecule has 0 amide bonds. The summed E-state index contributed by atoms with van der Waals surface area (Å²) in [6.07, 6.45) is 0.484. The molecule has 0 saturated heterocycles. The standard InChI is InChI=1S/C30H32FN3O2/c1-3-36-30(35)29-28(20-24-14-16-27(31)17-15-24)23(2)32-34(29)19-18-33(21-25-10-6-4-7-11-25)22-26-12-8-5-9-13-26/h4-17H,3,18-22H2,1-2H3. The highest BCUT2D eigenvalue weighted by atomic mass is 19.1. The first-order chi connectivity index (χ1) is 17.5. The maximum Gasteiger partial charge on any atom is 0.356 e. The molecule has 0 aliphatic rings. The molecule has 0 bridgehead atoms. The summed E-state index contributed by atoms with van der Waals surface area (Å²) in [4.78, 5) is 15.4. The van der Waals surface area contributed by atoms with Crippen LogP contribution in [0.25, 0.3) is 0 Å². The Morgan fingerprint density at radius 2 is 1.47 bits per heavy atom. The van der Waals surface area contributed by atoms with Gasteiger partial charge in [0, 0.05) is 31.6 Å². The zero-order chi connectivity index (χ0) is 25.3. The number of hydrogen-bond acceptors (Lipinski definition) is 4. The number of hydrogen-bond donors (Lipinski definition) is 0. The summed E-state index contributed by atoms with van der Waals surface area (Å²) in [6.45, 7) is 6.80. The third kappa shape index (κ3) is 6.67. The van der Waals surface area contributed by atoms with Crippen molar-refractivity contribution in [2.24, 2.45) is 0 Å². The van der Waals surface area contributed by atoms with Gasteiger partial charge in [-0.3, -0.25) is 9.58 Å². The zero-order valence-corrected chi connectivity index (χ0v) is 20.9. The highest BCUT2D eigenvalue weighted by molar-refractivity contribution is 5.89. The van der Waals surface area contributed by atoms with E-state index in [2.05, 4.69) is 29.2 Å². The molecular weight excluding hydrogens is 453 g/mol. The average molecular weight is 486 g/mol. The third-order valence-corrected chi connectivity index (χ3v) is 6.14. The lowest BCUT2D eigenvalue weighted by Crippen LogP contribution is -2.28. The Kier molecular flexibility index (Phi) is 8.63. The zero-order valence-electron chi connectivity index (χ0n) is 20.9. The molecule has 0 spiro atoms. The SMILES string of the molecule is CCOC(=O)c1c(Cc2ccc(F)cc2)c(C)nn1CCN(Cc1ccccc1)Cc1ccccc1. The van der Waals surface area contributed by atoms with E-state index in [1.54, 1.807) is 23.7 Å². The van der Waals surface area contributed by atoms with Crippen LogP contribution in [0.1, 0.15) is 45.4 Å². The van der Waals surface area contributed by atoms with E-state index in [0.717, 1.165) is 29.9 Å². The summed E-state index contributed by atoms with van der Waals surface area (Å²) < 4.78 is 20.6. The summed E-state index contributed by atoms with van der Waals surface area (Å²) in [6, 6.07) is 27.1. The fourth-order valence-electron chi connectivity index (χ4n) is 4.36. The minimum absolute atomic E-state index is 0.284. The molecule has 1 aromatic heterocycles. The monoisotopic (exact) mass is 485 g/mol. The Labute approximate surface area is 212 Å². The largest absolute Gasteiger partial charge is 0.461 e. The van der Waals surface area contributed by atoms with Crippen LogP contribution in [0, 0.1) is 12.7 Å². The normalized spacial score (nSPS) is 11.1. The molecule has 186 valence electrons. The smallest absolute Gasteiger partial charge is 0.356 e. The molecule has 0 radical (unpaired) electrons. The van der Waals surface area contributed by atoms with Gasteiger partial charge in [0.15, 0.2) is 0 Å². The maximum absolute atomic E-state index is 13.4.